The van der Waals surface area contributed by atoms with Crippen LogP contribution in [-0.2, 0) is 10.0 Å². The molecular weight excluding hydrogens is 366 g/mol. The highest BCUT2D eigenvalue weighted by molar-refractivity contribution is 7.92. The molecule has 0 unspecified atom stereocenters. The van der Waals surface area contributed by atoms with E-state index in [2.05, 4.69) is 15.4 Å². The van der Waals surface area contributed by atoms with Crippen LogP contribution >= 0.6 is 0 Å². The van der Waals surface area contributed by atoms with Crippen LogP contribution in [0.1, 0.15) is 22.8 Å². The van der Waals surface area contributed by atoms with E-state index in [1.807, 2.05) is 6.92 Å². The normalized spacial score (nSPS) is 11.1. The van der Waals surface area contributed by atoms with Crippen molar-refractivity contribution in [1.82, 2.24) is 10.6 Å². The second-order valence-electron chi connectivity index (χ2n) is 5.90. The molecule has 27 heavy (non-hydrogen) atoms. The van der Waals surface area contributed by atoms with Gasteiger partial charge in [-0.3, -0.25) is 9.52 Å². The smallest absolute Gasteiger partial charge is 0.262 e. The molecule has 146 valence electrons. The maximum Gasteiger partial charge on any atom is 0.262 e. The molecule has 0 radical (unpaired) electrons. The highest BCUT2D eigenvalue weighted by Gasteiger charge is 2.19. The van der Waals surface area contributed by atoms with Crippen LogP contribution in [0, 0.1) is 6.92 Å². The third kappa shape index (κ3) is 5.70. The van der Waals surface area contributed by atoms with Gasteiger partial charge in [0.05, 0.1) is 11.5 Å². The molecule has 2 rings (SSSR count). The first-order chi connectivity index (χ1) is 12.9. The van der Waals surface area contributed by atoms with E-state index < -0.39 is 10.0 Å². The average molecular weight is 391 g/mol. The summed E-state index contributed by atoms with van der Waals surface area (Å²) in [5, 5.41) is 5.66. The van der Waals surface area contributed by atoms with Crippen LogP contribution in [0.15, 0.2) is 47.4 Å². The zero-order valence-electron chi connectivity index (χ0n) is 15.7. The lowest BCUT2D eigenvalue weighted by molar-refractivity contribution is 0.0954. The molecule has 8 heteroatoms. The van der Waals surface area contributed by atoms with Crippen LogP contribution in [0.4, 0.5) is 5.69 Å². The summed E-state index contributed by atoms with van der Waals surface area (Å²) in [6.45, 7) is 5.18. The van der Waals surface area contributed by atoms with Crippen LogP contribution in [0.25, 0.3) is 0 Å². The van der Waals surface area contributed by atoms with Crippen molar-refractivity contribution in [3.63, 3.8) is 0 Å². The van der Waals surface area contributed by atoms with Crippen molar-refractivity contribution in [2.24, 2.45) is 0 Å². The molecule has 2 aromatic rings. The molecule has 3 N–H and O–H groups in total. The van der Waals surface area contributed by atoms with E-state index in [1.54, 1.807) is 50.4 Å². The van der Waals surface area contributed by atoms with Gasteiger partial charge >= 0.3 is 0 Å². The Balaban J connectivity index is 2.21. The van der Waals surface area contributed by atoms with Crippen molar-refractivity contribution in [3.05, 3.63) is 53.6 Å². The van der Waals surface area contributed by atoms with Gasteiger partial charge in [0.2, 0.25) is 0 Å². The van der Waals surface area contributed by atoms with Crippen molar-refractivity contribution >= 4 is 21.6 Å². The van der Waals surface area contributed by atoms with Gasteiger partial charge in [-0.2, -0.15) is 0 Å². The summed E-state index contributed by atoms with van der Waals surface area (Å²) in [4.78, 5) is 12.3. The number of hydrogen-bond acceptors (Lipinski definition) is 5. The van der Waals surface area contributed by atoms with Gasteiger partial charge in [-0.05, 0) is 62.9 Å². The van der Waals surface area contributed by atoms with E-state index in [0.717, 1.165) is 0 Å². The monoisotopic (exact) mass is 391 g/mol. The van der Waals surface area contributed by atoms with Gasteiger partial charge in [-0.15, -0.1) is 0 Å². The van der Waals surface area contributed by atoms with E-state index in [0.29, 0.717) is 42.3 Å². The third-order valence-electron chi connectivity index (χ3n) is 3.82. The number of hydrogen-bond donors (Lipinski definition) is 3. The Labute approximate surface area is 160 Å². The first-order valence-corrected chi connectivity index (χ1v) is 10.1. The fourth-order valence-electron chi connectivity index (χ4n) is 2.43. The van der Waals surface area contributed by atoms with Crippen LogP contribution in [-0.4, -0.2) is 41.1 Å². The molecule has 0 heterocycles. The average Bonchev–Trinajstić information content (AvgIpc) is 2.63. The quantitative estimate of drug-likeness (QED) is 0.569. The number of ether oxygens (including phenoxy) is 1. The Morgan fingerprint density at radius 2 is 1.78 bits per heavy atom. The molecule has 2 aromatic carbocycles. The third-order valence-corrected chi connectivity index (χ3v) is 5.34. The topological polar surface area (TPSA) is 96.5 Å². The number of anilines is 1. The minimum atomic E-state index is -3.83. The molecule has 0 aromatic heterocycles. The predicted molar refractivity (Wildman–Crippen MR) is 106 cm³/mol. The number of nitrogens with one attached hydrogen (secondary N) is 3. The molecular formula is C19H25N3O4S. The molecule has 0 saturated carbocycles. The first-order valence-electron chi connectivity index (χ1n) is 8.66. The zero-order chi connectivity index (χ0) is 19.9. The molecule has 0 aliphatic heterocycles. The maximum atomic E-state index is 12.8. The Morgan fingerprint density at radius 3 is 2.41 bits per heavy atom. The minimum Gasteiger partial charge on any atom is -0.494 e. The van der Waals surface area contributed by atoms with Gasteiger partial charge in [0.1, 0.15) is 5.75 Å². The number of aryl methyl sites for hydroxylation is 1. The molecule has 0 spiro atoms. The molecule has 0 fully saturated rings. The Kier molecular flexibility index (Phi) is 7.20. The van der Waals surface area contributed by atoms with E-state index in [9.17, 15) is 13.2 Å². The van der Waals surface area contributed by atoms with Crippen molar-refractivity contribution in [1.29, 1.82) is 0 Å². The predicted octanol–water partition coefficient (Wildman–Crippen LogP) is 2.14. The maximum absolute atomic E-state index is 12.8. The van der Waals surface area contributed by atoms with Gasteiger partial charge < -0.3 is 15.4 Å². The van der Waals surface area contributed by atoms with Crippen LogP contribution < -0.4 is 20.1 Å². The summed E-state index contributed by atoms with van der Waals surface area (Å²) in [5.41, 5.74) is 1.27. The fourth-order valence-corrected chi connectivity index (χ4v) is 3.76. The first kappa shape index (κ1) is 20.7. The second kappa shape index (κ2) is 9.38. The van der Waals surface area contributed by atoms with E-state index in [4.69, 9.17) is 4.74 Å². The summed E-state index contributed by atoms with van der Waals surface area (Å²) in [7, 11) is -2.05. The molecule has 0 bridgehead atoms. The highest BCUT2D eigenvalue weighted by Crippen LogP contribution is 2.22. The Bertz CT molecular complexity index is 880. The van der Waals surface area contributed by atoms with Gasteiger partial charge in [0.25, 0.3) is 15.9 Å². The van der Waals surface area contributed by atoms with Crippen molar-refractivity contribution in [2.75, 3.05) is 31.5 Å². The lowest BCUT2D eigenvalue weighted by Gasteiger charge is -2.13. The zero-order valence-corrected chi connectivity index (χ0v) is 16.5. The van der Waals surface area contributed by atoms with Crippen molar-refractivity contribution in [3.8, 4) is 5.75 Å². The molecule has 1 amide bonds. The number of benzene rings is 2. The highest BCUT2D eigenvalue weighted by atomic mass is 32.2. The SMILES string of the molecule is CCOc1ccc(NS(=O)(=O)c2cc(C(=O)NCCNC)ccc2C)cc1. The van der Waals surface area contributed by atoms with Crippen molar-refractivity contribution in [2.45, 2.75) is 18.7 Å². The summed E-state index contributed by atoms with van der Waals surface area (Å²) in [6.07, 6.45) is 0. The molecule has 7 nitrogen and oxygen atoms in total. The van der Waals surface area contributed by atoms with Gasteiger partial charge in [0, 0.05) is 24.3 Å². The number of rotatable bonds is 9. The number of carbonyl (C=O) groups is 1. The summed E-state index contributed by atoms with van der Waals surface area (Å²) >= 11 is 0. The molecule has 0 aliphatic rings. The van der Waals surface area contributed by atoms with Gasteiger partial charge in [-0.25, -0.2) is 8.42 Å². The summed E-state index contributed by atoms with van der Waals surface area (Å²) in [6, 6.07) is 11.3. The van der Waals surface area contributed by atoms with Crippen molar-refractivity contribution < 1.29 is 17.9 Å². The lowest BCUT2D eigenvalue weighted by Crippen LogP contribution is -2.30. The minimum absolute atomic E-state index is 0.0673. The number of sulfonamides is 1. The van der Waals surface area contributed by atoms with Gasteiger partial charge in [-0.1, -0.05) is 6.07 Å². The Hall–Kier alpha value is -2.58. The van der Waals surface area contributed by atoms with E-state index >= 15 is 0 Å². The molecule has 0 aliphatic carbocycles. The molecule has 0 saturated heterocycles. The lowest BCUT2D eigenvalue weighted by atomic mass is 10.1. The fraction of sp³-hybridized carbons (Fsp3) is 0.316. The van der Waals surface area contributed by atoms with E-state index in [1.165, 1.54) is 6.07 Å². The van der Waals surface area contributed by atoms with Crippen LogP contribution in [0.3, 0.4) is 0 Å². The summed E-state index contributed by atoms with van der Waals surface area (Å²) < 4.78 is 33.5. The Morgan fingerprint density at radius 1 is 1.07 bits per heavy atom. The number of carbonyl (C=O) groups excluding carboxylic acids is 1. The second-order valence-corrected chi connectivity index (χ2v) is 7.55. The number of amides is 1. The number of likely N-dealkylation sites (N-methyl/N-ethyl adjacent to an activating group) is 1. The van der Waals surface area contributed by atoms with Crippen LogP contribution in [0.2, 0.25) is 0 Å². The standard InChI is InChI=1S/C19H25N3O4S/c1-4-26-17-9-7-16(8-10-17)22-27(24,25)18-13-15(6-5-14(18)2)19(23)21-12-11-20-3/h5-10,13,20,22H,4,11-12H2,1-3H3,(H,21,23). The largest absolute Gasteiger partial charge is 0.494 e. The molecule has 0 atom stereocenters. The van der Waals surface area contributed by atoms with Crippen LogP contribution in [0.5, 0.6) is 5.75 Å². The summed E-state index contributed by atoms with van der Waals surface area (Å²) in [5.74, 6) is 0.347. The van der Waals surface area contributed by atoms with E-state index in [-0.39, 0.29) is 10.8 Å². The van der Waals surface area contributed by atoms with Gasteiger partial charge in [0.15, 0.2) is 0 Å².